The van der Waals surface area contributed by atoms with Crippen LogP contribution in [0, 0.1) is 11.3 Å². The summed E-state index contributed by atoms with van der Waals surface area (Å²) in [5.41, 5.74) is 1.16. The number of halogens is 2. The zero-order valence-electron chi connectivity index (χ0n) is 16.9. The molecule has 9 heteroatoms. The van der Waals surface area contributed by atoms with Crippen LogP contribution in [-0.4, -0.2) is 45.2 Å². The molecule has 2 fully saturated rings. The summed E-state index contributed by atoms with van der Waals surface area (Å²) in [6, 6.07) is 1.85. The van der Waals surface area contributed by atoms with Gasteiger partial charge in [0.25, 0.3) is 0 Å². The van der Waals surface area contributed by atoms with Crippen LogP contribution in [0.25, 0.3) is 5.65 Å². The number of hydrogen-bond donors (Lipinski definition) is 0. The summed E-state index contributed by atoms with van der Waals surface area (Å²) in [5.74, 6) is 1.52. The van der Waals surface area contributed by atoms with Crippen LogP contribution < -0.4 is 4.90 Å². The van der Waals surface area contributed by atoms with Crippen LogP contribution in [0.4, 0.5) is 5.95 Å². The van der Waals surface area contributed by atoms with Crippen molar-refractivity contribution >= 4 is 46.6 Å². The van der Waals surface area contributed by atoms with Crippen molar-refractivity contribution in [1.82, 2.24) is 19.4 Å². The van der Waals surface area contributed by atoms with Gasteiger partial charge in [-0.25, -0.2) is 15.0 Å². The normalized spacial score (nSPS) is 23.5. The van der Waals surface area contributed by atoms with Crippen LogP contribution in [0.3, 0.4) is 0 Å². The highest BCUT2D eigenvalue weighted by Crippen LogP contribution is 2.47. The average molecular weight is 464 g/mol. The first-order valence-corrected chi connectivity index (χ1v) is 11.7. The molecule has 1 unspecified atom stereocenters. The summed E-state index contributed by atoms with van der Waals surface area (Å²) in [7, 11) is 0. The summed E-state index contributed by atoms with van der Waals surface area (Å²) in [4.78, 5) is 17.5. The van der Waals surface area contributed by atoms with E-state index in [9.17, 15) is 0 Å². The van der Waals surface area contributed by atoms with Crippen molar-refractivity contribution in [1.29, 1.82) is 0 Å². The van der Waals surface area contributed by atoms with E-state index >= 15 is 0 Å². The highest BCUT2D eigenvalue weighted by Gasteiger charge is 2.47. The minimum atomic E-state index is 0.298. The minimum Gasteiger partial charge on any atom is -0.378 e. The number of hydrogen-bond acceptors (Lipinski definition) is 6. The fourth-order valence-electron chi connectivity index (χ4n) is 4.61. The van der Waals surface area contributed by atoms with E-state index < -0.39 is 0 Å². The smallest absolute Gasteiger partial charge is 0.211 e. The van der Waals surface area contributed by atoms with Crippen LogP contribution in [0.2, 0.25) is 10.2 Å². The van der Waals surface area contributed by atoms with E-state index in [0.717, 1.165) is 53.9 Å². The molecule has 1 spiro atoms. The van der Waals surface area contributed by atoms with Crippen molar-refractivity contribution in [2.24, 2.45) is 11.3 Å². The zero-order valence-corrected chi connectivity index (χ0v) is 19.2. The van der Waals surface area contributed by atoms with E-state index in [0.29, 0.717) is 27.6 Å². The number of anilines is 1. The second kappa shape index (κ2) is 7.86. The monoisotopic (exact) mass is 463 g/mol. The number of pyridine rings is 1. The lowest BCUT2D eigenvalue weighted by molar-refractivity contribution is 0.0969. The van der Waals surface area contributed by atoms with Crippen LogP contribution in [-0.2, 0) is 4.74 Å². The third-order valence-electron chi connectivity index (χ3n) is 6.75. The summed E-state index contributed by atoms with van der Waals surface area (Å²) in [6.45, 7) is 7.35. The first-order valence-electron chi connectivity index (χ1n) is 10.1. The van der Waals surface area contributed by atoms with Crippen LogP contribution in [0.15, 0.2) is 40.6 Å². The van der Waals surface area contributed by atoms with Gasteiger partial charge in [0.05, 0.1) is 22.6 Å². The Balaban J connectivity index is 1.40. The predicted octanol–water partition coefficient (Wildman–Crippen LogP) is 5.22. The Morgan fingerprint density at radius 3 is 2.63 bits per heavy atom. The SMILES string of the molecule is CC1[C@H](C)OCC12CCN(c1ncc(Sc3ccnc(Cl)c3Cl)c3nccn13)CC2. The second-order valence-electron chi connectivity index (χ2n) is 8.21. The molecule has 3 aromatic heterocycles. The number of nitrogens with zero attached hydrogens (tertiary/aromatic N) is 5. The molecule has 2 aliphatic rings. The summed E-state index contributed by atoms with van der Waals surface area (Å²) >= 11 is 13.9. The third kappa shape index (κ3) is 3.36. The number of aromatic nitrogens is 4. The van der Waals surface area contributed by atoms with Gasteiger partial charge in [0, 0.05) is 48.2 Å². The molecule has 0 aromatic carbocycles. The Morgan fingerprint density at radius 1 is 1.10 bits per heavy atom. The van der Waals surface area contributed by atoms with Crippen LogP contribution in [0.5, 0.6) is 0 Å². The molecule has 2 saturated heterocycles. The van der Waals surface area contributed by atoms with Crippen LogP contribution >= 0.6 is 35.0 Å². The molecule has 5 heterocycles. The van der Waals surface area contributed by atoms with Gasteiger partial charge in [0.2, 0.25) is 5.95 Å². The molecule has 6 nitrogen and oxygen atoms in total. The lowest BCUT2D eigenvalue weighted by Gasteiger charge is -2.41. The van der Waals surface area contributed by atoms with Gasteiger partial charge in [0.15, 0.2) is 5.65 Å². The Morgan fingerprint density at radius 2 is 1.90 bits per heavy atom. The highest BCUT2D eigenvalue weighted by molar-refractivity contribution is 7.99. The maximum Gasteiger partial charge on any atom is 0.211 e. The van der Waals surface area contributed by atoms with Crippen molar-refractivity contribution < 1.29 is 4.74 Å². The molecule has 158 valence electrons. The number of fused-ring (bicyclic) bond motifs is 1. The molecule has 2 atom stereocenters. The fraction of sp³-hybridized carbons (Fsp3) is 0.476. The molecule has 0 bridgehead atoms. The van der Waals surface area contributed by atoms with Gasteiger partial charge >= 0.3 is 0 Å². The van der Waals surface area contributed by atoms with Crippen molar-refractivity contribution in [3.05, 3.63) is 41.0 Å². The Bertz CT molecular complexity index is 1080. The van der Waals surface area contributed by atoms with Crippen molar-refractivity contribution in [2.45, 2.75) is 42.6 Å². The molecular formula is C21H23Cl2N5OS. The molecule has 0 radical (unpaired) electrons. The number of ether oxygens (including phenoxy) is 1. The second-order valence-corrected chi connectivity index (χ2v) is 10.0. The molecule has 0 saturated carbocycles. The minimum absolute atomic E-state index is 0.298. The first-order chi connectivity index (χ1) is 14.5. The predicted molar refractivity (Wildman–Crippen MR) is 120 cm³/mol. The van der Waals surface area contributed by atoms with Gasteiger partial charge in [-0.05, 0) is 31.7 Å². The molecular weight excluding hydrogens is 441 g/mol. The van der Waals surface area contributed by atoms with Gasteiger partial charge in [-0.15, -0.1) is 0 Å². The maximum atomic E-state index is 6.32. The Labute approximate surface area is 190 Å². The quantitative estimate of drug-likeness (QED) is 0.496. The summed E-state index contributed by atoms with van der Waals surface area (Å²) < 4.78 is 8.03. The lowest BCUT2D eigenvalue weighted by atomic mass is 9.70. The third-order valence-corrected chi connectivity index (χ3v) is 8.70. The topological polar surface area (TPSA) is 55.5 Å². The number of rotatable bonds is 3. The molecule has 30 heavy (non-hydrogen) atoms. The van der Waals surface area contributed by atoms with Gasteiger partial charge < -0.3 is 9.64 Å². The Hall–Kier alpha value is -1.54. The molecule has 0 amide bonds. The van der Waals surface area contributed by atoms with E-state index in [4.69, 9.17) is 32.9 Å². The van der Waals surface area contributed by atoms with E-state index in [1.54, 1.807) is 6.20 Å². The van der Waals surface area contributed by atoms with Crippen molar-refractivity contribution in [3.8, 4) is 0 Å². The lowest BCUT2D eigenvalue weighted by Crippen LogP contribution is -2.44. The standard InChI is InChI=1S/C21H23Cl2N5OS/c1-13-14(2)29-12-21(13)4-8-27(9-5-21)20-26-11-16(19-25-7-10-28(19)20)30-15-3-6-24-18(23)17(15)22/h3,6-7,10-11,13-14H,4-5,8-9,12H2,1-2H3/t13?,14-/m0/s1. The van der Waals surface area contributed by atoms with Gasteiger partial charge in [0.1, 0.15) is 5.15 Å². The van der Waals surface area contributed by atoms with Crippen LogP contribution in [0.1, 0.15) is 26.7 Å². The van der Waals surface area contributed by atoms with Gasteiger partial charge in [-0.1, -0.05) is 41.9 Å². The number of piperidine rings is 1. The average Bonchev–Trinajstić information content (AvgIpc) is 3.35. The summed E-state index contributed by atoms with van der Waals surface area (Å²) in [6.07, 6.45) is 9.90. The maximum absolute atomic E-state index is 6.32. The van der Waals surface area contributed by atoms with E-state index in [1.165, 1.54) is 11.8 Å². The fourth-order valence-corrected chi connectivity index (χ4v) is 5.95. The van der Waals surface area contributed by atoms with Crippen molar-refractivity contribution in [2.75, 3.05) is 24.6 Å². The van der Waals surface area contributed by atoms with E-state index in [1.807, 2.05) is 24.7 Å². The molecule has 3 aromatic rings. The zero-order chi connectivity index (χ0) is 20.9. The molecule has 0 N–H and O–H groups in total. The molecule has 2 aliphatic heterocycles. The molecule has 5 rings (SSSR count). The van der Waals surface area contributed by atoms with Crippen molar-refractivity contribution in [3.63, 3.8) is 0 Å². The van der Waals surface area contributed by atoms with E-state index in [2.05, 4.69) is 33.1 Å². The number of imidazole rings is 1. The largest absolute Gasteiger partial charge is 0.378 e. The van der Waals surface area contributed by atoms with E-state index in [-0.39, 0.29) is 0 Å². The Kier molecular flexibility index (Phi) is 5.34. The molecule has 0 aliphatic carbocycles. The van der Waals surface area contributed by atoms with Gasteiger partial charge in [-0.2, -0.15) is 0 Å². The highest BCUT2D eigenvalue weighted by atomic mass is 35.5. The van der Waals surface area contributed by atoms with Gasteiger partial charge in [-0.3, -0.25) is 4.40 Å². The summed E-state index contributed by atoms with van der Waals surface area (Å²) in [5, 5.41) is 0.744. The first kappa shape index (κ1) is 20.4.